The molecule has 0 spiro atoms. The Balaban J connectivity index is 1.08. The lowest BCUT2D eigenvalue weighted by molar-refractivity contribution is 0.593. The van der Waals surface area contributed by atoms with Gasteiger partial charge in [0.15, 0.2) is 17.5 Å². The third-order valence-electron chi connectivity index (χ3n) is 14.3. The van der Waals surface area contributed by atoms with E-state index in [9.17, 15) is 0 Å². The molecule has 0 N–H and O–H groups in total. The van der Waals surface area contributed by atoms with Crippen LogP contribution in [-0.4, -0.2) is 24.1 Å². The molecule has 0 unspecified atom stereocenters. The van der Waals surface area contributed by atoms with Gasteiger partial charge in [-0.3, -0.25) is 0 Å². The molecule has 282 valence electrons. The predicted molar refractivity (Wildman–Crippen MR) is 241 cm³/mol. The molecule has 0 fully saturated rings. The first-order valence-electron chi connectivity index (χ1n) is 20.8. The van der Waals surface area contributed by atoms with E-state index in [2.05, 4.69) is 184 Å². The lowest BCUT2D eigenvalue weighted by Gasteiger charge is -2.42. The molecule has 3 aromatic heterocycles. The van der Waals surface area contributed by atoms with E-state index in [1.165, 1.54) is 88.4 Å². The lowest BCUT2D eigenvalue weighted by atomic mass is 9.68. The Morgan fingerprint density at radius 3 is 1.59 bits per heavy atom. The molecule has 0 bridgehead atoms. The summed E-state index contributed by atoms with van der Waals surface area (Å²) in [7, 11) is 0. The summed E-state index contributed by atoms with van der Waals surface area (Å²) in [5.41, 5.74) is 18.1. The minimum absolute atomic E-state index is 0.127. The van der Waals surface area contributed by atoms with Crippen molar-refractivity contribution < 1.29 is 0 Å². The molecule has 10 aromatic rings. The summed E-state index contributed by atoms with van der Waals surface area (Å²) >= 11 is 0. The summed E-state index contributed by atoms with van der Waals surface area (Å²) < 4.78 is 5.03. The van der Waals surface area contributed by atoms with Crippen LogP contribution in [0.4, 0.5) is 0 Å². The average Bonchev–Trinajstić information content (AvgIpc) is 3.77. The van der Waals surface area contributed by atoms with Crippen molar-refractivity contribution in [1.82, 2.24) is 24.1 Å². The van der Waals surface area contributed by atoms with Crippen molar-refractivity contribution in [2.75, 3.05) is 0 Å². The van der Waals surface area contributed by atoms with Gasteiger partial charge in [-0.25, -0.2) is 15.0 Å². The van der Waals surface area contributed by atoms with Gasteiger partial charge >= 0.3 is 0 Å². The van der Waals surface area contributed by atoms with Crippen LogP contribution >= 0.6 is 0 Å². The van der Waals surface area contributed by atoms with E-state index in [1.54, 1.807) is 0 Å². The van der Waals surface area contributed by atoms with E-state index < -0.39 is 0 Å². The fourth-order valence-corrected chi connectivity index (χ4v) is 11.3. The predicted octanol–water partition coefficient (Wildman–Crippen LogP) is 13.0. The second-order valence-corrected chi connectivity index (χ2v) is 18.5. The molecular formula is C54H41N5. The SMILES string of the molecule is CC1(C)c2ccccc2-n2c3ccc(-c4nc(-c5ccccc5)nc(-c5cc6c7c(c5)c5cccc8c5n7-c5c(cccc5C6(C)C)C8(C)C)n4)cc3c3cccc1c32. The van der Waals surface area contributed by atoms with Crippen molar-refractivity contribution in [3.8, 4) is 45.5 Å². The molecule has 0 amide bonds. The first kappa shape index (κ1) is 33.2. The van der Waals surface area contributed by atoms with Crippen LogP contribution in [-0.2, 0) is 16.2 Å². The van der Waals surface area contributed by atoms with Crippen molar-refractivity contribution in [2.45, 2.75) is 57.8 Å². The number of aromatic nitrogens is 5. The Bertz CT molecular complexity index is 3520. The van der Waals surface area contributed by atoms with Crippen LogP contribution in [0.1, 0.15) is 74.9 Å². The molecule has 0 saturated heterocycles. The molecule has 59 heavy (non-hydrogen) atoms. The Hall–Kier alpha value is -6.85. The highest BCUT2D eigenvalue weighted by Gasteiger charge is 2.43. The van der Waals surface area contributed by atoms with E-state index >= 15 is 0 Å². The summed E-state index contributed by atoms with van der Waals surface area (Å²) in [5, 5.41) is 4.94. The number of fused-ring (bicyclic) bond motifs is 6. The van der Waals surface area contributed by atoms with Crippen LogP contribution in [0.3, 0.4) is 0 Å². The van der Waals surface area contributed by atoms with Gasteiger partial charge in [0.2, 0.25) is 0 Å². The summed E-state index contributed by atoms with van der Waals surface area (Å²) in [6.07, 6.45) is 0. The van der Waals surface area contributed by atoms with E-state index in [1.807, 2.05) is 6.07 Å². The molecule has 0 saturated carbocycles. The molecule has 0 atom stereocenters. The molecule has 3 aliphatic heterocycles. The van der Waals surface area contributed by atoms with Crippen molar-refractivity contribution in [3.05, 3.63) is 173 Å². The van der Waals surface area contributed by atoms with E-state index in [-0.39, 0.29) is 16.2 Å². The zero-order chi connectivity index (χ0) is 39.7. The normalized spacial score (nSPS) is 16.0. The minimum atomic E-state index is -0.259. The summed E-state index contributed by atoms with van der Waals surface area (Å²) in [4.78, 5) is 15.9. The van der Waals surface area contributed by atoms with E-state index in [4.69, 9.17) is 15.0 Å². The molecule has 0 radical (unpaired) electrons. The van der Waals surface area contributed by atoms with Crippen LogP contribution in [0, 0.1) is 0 Å². The highest BCUT2D eigenvalue weighted by molar-refractivity contribution is 6.15. The molecule has 7 aromatic carbocycles. The first-order valence-corrected chi connectivity index (χ1v) is 20.8. The number of rotatable bonds is 3. The highest BCUT2D eigenvalue weighted by Crippen LogP contribution is 2.56. The quantitative estimate of drug-likeness (QED) is 0.180. The lowest BCUT2D eigenvalue weighted by Crippen LogP contribution is -2.33. The van der Waals surface area contributed by atoms with Crippen molar-refractivity contribution >= 4 is 43.6 Å². The standard InChI is InChI=1S/C54H41N5/c1-52(2)37-19-10-11-24-44(37)58-43-26-25-31(27-35(43)33-17-12-20-38(52)45(33)58)50-55-49(30-15-8-7-9-16-30)56-51(57-50)32-28-36-34-18-13-21-39-46(34)59-47(36)42(29-32)54(5,6)41-23-14-22-40(48(41)59)53(39,3)4/h7-29H,1-6H3. The van der Waals surface area contributed by atoms with Gasteiger partial charge in [0, 0.05) is 54.5 Å². The summed E-state index contributed by atoms with van der Waals surface area (Å²) in [6, 6.07) is 51.2. The number of hydrogen-bond donors (Lipinski definition) is 0. The Labute approximate surface area is 342 Å². The zero-order valence-electron chi connectivity index (χ0n) is 34.0. The summed E-state index contributed by atoms with van der Waals surface area (Å²) in [6.45, 7) is 14.2. The topological polar surface area (TPSA) is 48.5 Å². The Kier molecular flexibility index (Phi) is 6.07. The molecular weight excluding hydrogens is 719 g/mol. The zero-order valence-corrected chi connectivity index (χ0v) is 34.0. The monoisotopic (exact) mass is 759 g/mol. The van der Waals surface area contributed by atoms with Crippen LogP contribution in [0.5, 0.6) is 0 Å². The van der Waals surface area contributed by atoms with Crippen LogP contribution in [0.2, 0.25) is 0 Å². The van der Waals surface area contributed by atoms with Gasteiger partial charge in [-0.1, -0.05) is 145 Å². The maximum absolute atomic E-state index is 5.40. The Morgan fingerprint density at radius 1 is 0.356 bits per heavy atom. The minimum Gasteiger partial charge on any atom is -0.309 e. The fraction of sp³-hybridized carbons (Fsp3) is 0.167. The molecule has 13 rings (SSSR count). The van der Waals surface area contributed by atoms with E-state index in [0.717, 1.165) is 16.7 Å². The second-order valence-electron chi connectivity index (χ2n) is 18.5. The molecule has 6 heterocycles. The number of benzene rings is 7. The van der Waals surface area contributed by atoms with Gasteiger partial charge < -0.3 is 9.13 Å². The maximum atomic E-state index is 5.40. The number of para-hydroxylation sites is 4. The second kappa shape index (κ2) is 10.8. The fourth-order valence-electron chi connectivity index (χ4n) is 11.3. The Morgan fingerprint density at radius 2 is 0.864 bits per heavy atom. The van der Waals surface area contributed by atoms with Crippen LogP contribution < -0.4 is 0 Å². The van der Waals surface area contributed by atoms with Gasteiger partial charge in [0.1, 0.15) is 0 Å². The molecule has 5 nitrogen and oxygen atoms in total. The van der Waals surface area contributed by atoms with Crippen molar-refractivity contribution in [2.24, 2.45) is 0 Å². The molecule has 3 aliphatic rings. The maximum Gasteiger partial charge on any atom is 0.164 e. The van der Waals surface area contributed by atoms with Gasteiger partial charge in [-0.15, -0.1) is 0 Å². The van der Waals surface area contributed by atoms with Gasteiger partial charge in [-0.2, -0.15) is 0 Å². The summed E-state index contributed by atoms with van der Waals surface area (Å²) in [5.74, 6) is 2.00. The number of hydrogen-bond acceptors (Lipinski definition) is 3. The third kappa shape index (κ3) is 4.03. The van der Waals surface area contributed by atoms with Gasteiger partial charge in [0.05, 0.1) is 33.4 Å². The smallest absolute Gasteiger partial charge is 0.164 e. The number of nitrogens with zero attached hydrogens (tertiary/aromatic N) is 5. The van der Waals surface area contributed by atoms with Crippen molar-refractivity contribution in [3.63, 3.8) is 0 Å². The van der Waals surface area contributed by atoms with Gasteiger partial charge in [-0.05, 0) is 69.8 Å². The molecule has 0 aliphatic carbocycles. The average molecular weight is 760 g/mol. The third-order valence-corrected chi connectivity index (χ3v) is 14.3. The van der Waals surface area contributed by atoms with Gasteiger partial charge in [0.25, 0.3) is 0 Å². The molecule has 5 heteroatoms. The first-order chi connectivity index (χ1) is 28.5. The van der Waals surface area contributed by atoms with E-state index in [0.29, 0.717) is 17.5 Å². The van der Waals surface area contributed by atoms with Crippen LogP contribution in [0.25, 0.3) is 89.2 Å². The van der Waals surface area contributed by atoms with Crippen LogP contribution in [0.15, 0.2) is 140 Å². The highest BCUT2D eigenvalue weighted by atomic mass is 15.0. The largest absolute Gasteiger partial charge is 0.309 e. The van der Waals surface area contributed by atoms with Crippen molar-refractivity contribution in [1.29, 1.82) is 0 Å².